The quantitative estimate of drug-likeness (QED) is 0.216. The molecule has 1 unspecified atom stereocenters. The topological polar surface area (TPSA) is 63.2 Å². The van der Waals surface area contributed by atoms with Gasteiger partial charge in [0.2, 0.25) is 0 Å². The molecular formula is C15H34O6Si2. The zero-order valence-electron chi connectivity index (χ0n) is 15.3. The van der Waals surface area contributed by atoms with Gasteiger partial charge in [-0.3, -0.25) is 0 Å². The molecule has 23 heavy (non-hydrogen) atoms. The number of carbonyl (C=O) groups excluding carboxylic acids is 1. The summed E-state index contributed by atoms with van der Waals surface area (Å²) in [4.78, 5) is 10.8. The molecule has 0 aliphatic rings. The molecule has 6 nitrogen and oxygen atoms in total. The van der Waals surface area contributed by atoms with E-state index in [1.54, 1.807) is 21.3 Å². The lowest BCUT2D eigenvalue weighted by atomic mass is 10.4. The summed E-state index contributed by atoms with van der Waals surface area (Å²) in [5.41, 5.74) is 0. The minimum absolute atomic E-state index is 0.330. The van der Waals surface area contributed by atoms with Crippen LogP contribution >= 0.6 is 0 Å². The minimum Gasteiger partial charge on any atom is -0.463 e. The number of carbonyl (C=O) groups is 1. The summed E-state index contributed by atoms with van der Waals surface area (Å²) >= 11 is 0. The van der Waals surface area contributed by atoms with Gasteiger partial charge >= 0.3 is 15.5 Å². The standard InChI is InChI=1S/C12H24O3Si.C3H10O3Si/c1-4-7-10-16(15-6-3)11-8-9-14-12(13)5-2;1-4-7(5-2)6-3/h5,16H,2,4,6-11H2,1,3H3;7H,1-3H3. The van der Waals surface area contributed by atoms with Crippen molar-refractivity contribution < 1.29 is 27.2 Å². The van der Waals surface area contributed by atoms with Gasteiger partial charge in [-0.05, 0) is 25.4 Å². The van der Waals surface area contributed by atoms with Gasteiger partial charge in [-0.25, -0.2) is 4.79 Å². The Balaban J connectivity index is 0. The zero-order chi connectivity index (χ0) is 17.9. The van der Waals surface area contributed by atoms with Gasteiger partial charge in [0, 0.05) is 34.0 Å². The zero-order valence-corrected chi connectivity index (χ0v) is 17.6. The van der Waals surface area contributed by atoms with Gasteiger partial charge in [-0.1, -0.05) is 26.3 Å². The fourth-order valence-electron chi connectivity index (χ4n) is 1.81. The molecule has 0 heterocycles. The van der Waals surface area contributed by atoms with Crippen molar-refractivity contribution in [2.45, 2.75) is 45.2 Å². The van der Waals surface area contributed by atoms with E-state index in [9.17, 15) is 4.79 Å². The Kier molecular flexibility index (Phi) is 21.0. The first-order valence-corrected chi connectivity index (χ1v) is 11.6. The molecule has 0 rings (SSSR count). The van der Waals surface area contributed by atoms with Crippen LogP contribution < -0.4 is 0 Å². The molecular weight excluding hydrogens is 332 g/mol. The second-order valence-corrected chi connectivity index (χ2v) is 9.45. The summed E-state index contributed by atoms with van der Waals surface area (Å²) in [6, 6.07) is 2.33. The molecule has 0 aliphatic carbocycles. The molecule has 0 amide bonds. The Morgan fingerprint density at radius 2 is 1.61 bits per heavy atom. The average molecular weight is 367 g/mol. The van der Waals surface area contributed by atoms with Crippen LogP contribution in [0, 0.1) is 0 Å². The molecule has 0 saturated heterocycles. The highest BCUT2D eigenvalue weighted by atomic mass is 28.3. The molecule has 0 aliphatic heterocycles. The molecule has 0 aromatic heterocycles. The number of ether oxygens (including phenoxy) is 1. The van der Waals surface area contributed by atoms with E-state index in [2.05, 4.69) is 13.5 Å². The van der Waals surface area contributed by atoms with Gasteiger partial charge in [0.15, 0.2) is 9.04 Å². The molecule has 8 heteroatoms. The number of esters is 1. The van der Waals surface area contributed by atoms with Crippen molar-refractivity contribution in [3.63, 3.8) is 0 Å². The van der Waals surface area contributed by atoms with E-state index in [0.717, 1.165) is 19.1 Å². The van der Waals surface area contributed by atoms with Crippen LogP contribution in [0.2, 0.25) is 12.1 Å². The summed E-state index contributed by atoms with van der Waals surface area (Å²) in [5, 5.41) is 0. The summed E-state index contributed by atoms with van der Waals surface area (Å²) in [5.74, 6) is -0.330. The third-order valence-electron chi connectivity index (χ3n) is 2.94. The van der Waals surface area contributed by atoms with E-state index in [1.807, 2.05) is 6.92 Å². The van der Waals surface area contributed by atoms with Crippen LogP contribution in [-0.4, -0.2) is 59.1 Å². The monoisotopic (exact) mass is 366 g/mol. The number of hydrogen-bond acceptors (Lipinski definition) is 6. The number of rotatable bonds is 13. The van der Waals surface area contributed by atoms with Crippen LogP contribution in [-0.2, 0) is 27.2 Å². The van der Waals surface area contributed by atoms with E-state index in [4.69, 9.17) is 22.4 Å². The maximum Gasteiger partial charge on any atom is 0.483 e. The van der Waals surface area contributed by atoms with Crippen LogP contribution in [0.1, 0.15) is 33.1 Å². The molecule has 0 spiro atoms. The fourth-order valence-corrected chi connectivity index (χ4v) is 4.97. The Labute approximate surface area is 144 Å². The van der Waals surface area contributed by atoms with Crippen molar-refractivity contribution in [3.8, 4) is 0 Å². The Morgan fingerprint density at radius 3 is 2.00 bits per heavy atom. The summed E-state index contributed by atoms with van der Waals surface area (Å²) in [7, 11) is 2.01. The van der Waals surface area contributed by atoms with E-state index >= 15 is 0 Å². The molecule has 0 fully saturated rings. The lowest BCUT2D eigenvalue weighted by molar-refractivity contribution is -0.137. The Bertz CT molecular complexity index is 269. The van der Waals surface area contributed by atoms with Crippen molar-refractivity contribution in [2.75, 3.05) is 34.5 Å². The molecule has 0 saturated carbocycles. The highest BCUT2D eigenvalue weighted by molar-refractivity contribution is 6.51. The second kappa shape index (κ2) is 19.5. The van der Waals surface area contributed by atoms with Crippen LogP contribution in [0.3, 0.4) is 0 Å². The highest BCUT2D eigenvalue weighted by Gasteiger charge is 2.10. The average Bonchev–Trinajstić information content (AvgIpc) is 2.58. The van der Waals surface area contributed by atoms with Crippen molar-refractivity contribution >= 4 is 24.5 Å². The van der Waals surface area contributed by atoms with Gasteiger partial charge in [0.1, 0.15) is 0 Å². The van der Waals surface area contributed by atoms with E-state index in [1.165, 1.54) is 25.0 Å². The van der Waals surface area contributed by atoms with E-state index in [0.29, 0.717) is 6.61 Å². The van der Waals surface area contributed by atoms with Crippen LogP contribution in [0.4, 0.5) is 0 Å². The Hall–Kier alpha value is -0.516. The lowest BCUT2D eigenvalue weighted by Gasteiger charge is -2.14. The van der Waals surface area contributed by atoms with Crippen molar-refractivity contribution in [1.29, 1.82) is 0 Å². The van der Waals surface area contributed by atoms with Gasteiger partial charge in [0.05, 0.1) is 6.61 Å². The third-order valence-corrected chi connectivity index (χ3v) is 7.00. The molecule has 138 valence electrons. The molecule has 0 radical (unpaired) electrons. The maximum absolute atomic E-state index is 10.8. The van der Waals surface area contributed by atoms with Crippen molar-refractivity contribution in [3.05, 3.63) is 12.7 Å². The summed E-state index contributed by atoms with van der Waals surface area (Å²) < 4.78 is 24.9. The van der Waals surface area contributed by atoms with Gasteiger partial charge in [-0.2, -0.15) is 0 Å². The predicted octanol–water partition coefficient (Wildman–Crippen LogP) is 2.31. The third kappa shape index (κ3) is 17.7. The first-order valence-electron chi connectivity index (χ1n) is 8.08. The molecule has 0 bridgehead atoms. The second-order valence-electron chi connectivity index (χ2n) is 4.73. The molecule has 0 N–H and O–H groups in total. The van der Waals surface area contributed by atoms with E-state index < -0.39 is 18.6 Å². The number of hydrogen-bond donors (Lipinski definition) is 0. The maximum atomic E-state index is 10.8. The van der Waals surface area contributed by atoms with Gasteiger partial charge < -0.3 is 22.4 Å². The Morgan fingerprint density at radius 1 is 1.04 bits per heavy atom. The normalized spacial score (nSPS) is 11.6. The van der Waals surface area contributed by atoms with E-state index in [-0.39, 0.29) is 5.97 Å². The highest BCUT2D eigenvalue weighted by Crippen LogP contribution is 2.09. The van der Waals surface area contributed by atoms with Crippen molar-refractivity contribution in [1.82, 2.24) is 0 Å². The van der Waals surface area contributed by atoms with Crippen LogP contribution in [0.5, 0.6) is 0 Å². The predicted molar refractivity (Wildman–Crippen MR) is 97.2 cm³/mol. The van der Waals surface area contributed by atoms with Crippen LogP contribution in [0.25, 0.3) is 0 Å². The summed E-state index contributed by atoms with van der Waals surface area (Å²) in [6.07, 6.45) is 4.60. The van der Waals surface area contributed by atoms with Crippen LogP contribution in [0.15, 0.2) is 12.7 Å². The molecule has 0 aromatic carbocycles. The fraction of sp³-hybridized carbons (Fsp3) is 0.800. The molecule has 0 aromatic rings. The summed E-state index contributed by atoms with van der Waals surface area (Å²) in [6.45, 7) is 8.90. The van der Waals surface area contributed by atoms with Gasteiger partial charge in [-0.15, -0.1) is 0 Å². The first kappa shape index (κ1) is 24.7. The largest absolute Gasteiger partial charge is 0.483 e. The van der Waals surface area contributed by atoms with Gasteiger partial charge in [0.25, 0.3) is 0 Å². The smallest absolute Gasteiger partial charge is 0.463 e. The lowest BCUT2D eigenvalue weighted by Crippen LogP contribution is -2.21. The minimum atomic E-state index is -1.67. The first-order chi connectivity index (χ1) is 11.1. The SMILES string of the molecule is C=CC(=O)OCCC[SiH](CCCC)OCC.CO[SiH](OC)OC. The van der Waals surface area contributed by atoms with Crippen molar-refractivity contribution in [2.24, 2.45) is 0 Å². The molecule has 1 atom stereocenters. The number of unbranched alkanes of at least 4 members (excludes halogenated alkanes) is 1.